The van der Waals surface area contributed by atoms with Crippen LogP contribution in [0.15, 0.2) is 12.7 Å². The van der Waals surface area contributed by atoms with Gasteiger partial charge >= 0.3 is 5.97 Å². The van der Waals surface area contributed by atoms with Gasteiger partial charge in [0.15, 0.2) is 0 Å². The zero-order valence-corrected chi connectivity index (χ0v) is 11.2. The standard InChI is InChI=1S/C10H19NO5S/c1-5-9(17(13,14)15)7-8-11(3,4)16-10(12)6-2/h6,9H,2,5,7-8H2,1,3-4H3/p+1. The summed E-state index contributed by atoms with van der Waals surface area (Å²) in [6.07, 6.45) is 1.57. The molecule has 0 heterocycles. The Morgan fingerprint density at radius 2 is 2.06 bits per heavy atom. The largest absolute Gasteiger partial charge is 0.389 e. The normalized spacial score (nSPS) is 14.1. The molecule has 0 aromatic heterocycles. The van der Waals surface area contributed by atoms with Crippen LogP contribution in [0.2, 0.25) is 0 Å². The summed E-state index contributed by atoms with van der Waals surface area (Å²) in [6, 6.07) is 0. The Kier molecular flexibility index (Phi) is 5.80. The van der Waals surface area contributed by atoms with Gasteiger partial charge in [0.1, 0.15) is 20.6 Å². The van der Waals surface area contributed by atoms with Crippen molar-refractivity contribution >= 4 is 16.1 Å². The van der Waals surface area contributed by atoms with E-state index in [0.717, 1.165) is 6.08 Å². The molecule has 0 fully saturated rings. The second-order valence-electron chi connectivity index (χ2n) is 4.25. The lowest BCUT2D eigenvalue weighted by atomic mass is 10.2. The molecule has 0 bridgehead atoms. The molecule has 0 aromatic carbocycles. The van der Waals surface area contributed by atoms with Gasteiger partial charge in [-0.25, -0.2) is 4.79 Å². The summed E-state index contributed by atoms with van der Waals surface area (Å²) in [7, 11) is -0.796. The molecule has 0 aliphatic carbocycles. The Labute approximate surface area is 102 Å². The van der Waals surface area contributed by atoms with E-state index in [1.54, 1.807) is 21.0 Å². The summed E-state index contributed by atoms with van der Waals surface area (Å²) in [5, 5.41) is -0.831. The predicted octanol–water partition coefficient (Wildman–Crippen LogP) is 0.764. The van der Waals surface area contributed by atoms with Gasteiger partial charge in [-0.15, -0.1) is 4.65 Å². The Morgan fingerprint density at radius 1 is 1.53 bits per heavy atom. The molecule has 0 aliphatic rings. The van der Waals surface area contributed by atoms with Gasteiger partial charge in [0.05, 0.1) is 5.25 Å². The van der Waals surface area contributed by atoms with Crippen LogP contribution in [0.3, 0.4) is 0 Å². The molecule has 0 radical (unpaired) electrons. The van der Waals surface area contributed by atoms with Crippen LogP contribution in [0.25, 0.3) is 0 Å². The second kappa shape index (κ2) is 6.13. The first-order chi connectivity index (χ1) is 7.62. The zero-order chi connectivity index (χ0) is 13.7. The number of hydrogen-bond acceptors (Lipinski definition) is 4. The number of carbonyl (C=O) groups is 1. The average Bonchev–Trinajstić information content (AvgIpc) is 2.15. The topological polar surface area (TPSA) is 80.7 Å². The van der Waals surface area contributed by atoms with Crippen LogP contribution in [0.1, 0.15) is 19.8 Å². The number of quaternary nitrogens is 1. The fraction of sp³-hybridized carbons (Fsp3) is 0.700. The van der Waals surface area contributed by atoms with Crippen molar-refractivity contribution in [1.82, 2.24) is 0 Å². The molecule has 0 amide bonds. The number of nitrogens with zero attached hydrogens (tertiary/aromatic N) is 1. The highest BCUT2D eigenvalue weighted by Crippen LogP contribution is 2.12. The summed E-state index contributed by atoms with van der Waals surface area (Å²) in [4.78, 5) is 16.0. The van der Waals surface area contributed by atoms with Crippen LogP contribution in [0, 0.1) is 0 Å². The van der Waals surface area contributed by atoms with Gasteiger partial charge in [-0.05, 0) is 6.42 Å². The fourth-order valence-electron chi connectivity index (χ4n) is 1.35. The minimum Gasteiger partial charge on any atom is -0.285 e. The third-order valence-corrected chi connectivity index (χ3v) is 3.78. The summed E-state index contributed by atoms with van der Waals surface area (Å²) in [6.45, 7) is 5.24. The first kappa shape index (κ1) is 16.1. The molecule has 0 saturated heterocycles. The Morgan fingerprint density at radius 3 is 2.41 bits per heavy atom. The molecule has 0 saturated carbocycles. The molecule has 1 atom stereocenters. The van der Waals surface area contributed by atoms with Crippen LogP contribution in [-0.4, -0.2) is 49.5 Å². The monoisotopic (exact) mass is 266 g/mol. The molecule has 6 nitrogen and oxygen atoms in total. The number of hydroxylamine groups is 3. The van der Waals surface area contributed by atoms with Crippen LogP contribution in [-0.2, 0) is 19.8 Å². The van der Waals surface area contributed by atoms with E-state index < -0.39 is 21.3 Å². The maximum Gasteiger partial charge on any atom is 0.389 e. The van der Waals surface area contributed by atoms with Crippen molar-refractivity contribution in [2.24, 2.45) is 0 Å². The van der Waals surface area contributed by atoms with Crippen molar-refractivity contribution in [2.75, 3.05) is 20.6 Å². The van der Waals surface area contributed by atoms with Crippen molar-refractivity contribution in [3.8, 4) is 0 Å². The van der Waals surface area contributed by atoms with E-state index in [9.17, 15) is 13.2 Å². The number of hydrogen-bond donors (Lipinski definition) is 1. The maximum absolute atomic E-state index is 11.0. The second-order valence-corrected chi connectivity index (χ2v) is 5.94. The number of carbonyl (C=O) groups excluding carboxylic acids is 1. The molecule has 1 unspecified atom stereocenters. The van der Waals surface area contributed by atoms with E-state index in [0.29, 0.717) is 6.42 Å². The van der Waals surface area contributed by atoms with E-state index in [4.69, 9.17) is 9.39 Å². The van der Waals surface area contributed by atoms with Gasteiger partial charge in [-0.3, -0.25) is 9.39 Å². The van der Waals surface area contributed by atoms with Crippen molar-refractivity contribution < 1.29 is 27.2 Å². The van der Waals surface area contributed by atoms with E-state index in [-0.39, 0.29) is 17.6 Å². The van der Waals surface area contributed by atoms with Crippen LogP contribution < -0.4 is 0 Å². The highest BCUT2D eigenvalue weighted by Gasteiger charge is 2.27. The molecular weight excluding hydrogens is 246 g/mol. The minimum absolute atomic E-state index is 0.114. The van der Waals surface area contributed by atoms with Crippen LogP contribution in [0.4, 0.5) is 0 Å². The minimum atomic E-state index is -4.04. The SMILES string of the molecule is C=CC(=O)O[N+](C)(C)CCC(CC)S(=O)(=O)O. The first-order valence-corrected chi connectivity index (χ1v) is 6.78. The highest BCUT2D eigenvalue weighted by atomic mass is 32.2. The van der Waals surface area contributed by atoms with Crippen molar-refractivity contribution in [2.45, 2.75) is 25.0 Å². The van der Waals surface area contributed by atoms with E-state index in [1.807, 2.05) is 0 Å². The quantitative estimate of drug-likeness (QED) is 0.318. The van der Waals surface area contributed by atoms with Crippen molar-refractivity contribution in [3.05, 3.63) is 12.7 Å². The molecule has 7 heteroatoms. The van der Waals surface area contributed by atoms with Gasteiger partial charge in [-0.1, -0.05) is 13.5 Å². The van der Waals surface area contributed by atoms with Crippen molar-refractivity contribution in [1.29, 1.82) is 0 Å². The van der Waals surface area contributed by atoms with Gasteiger partial charge < -0.3 is 0 Å². The third kappa shape index (κ3) is 6.40. The molecule has 0 spiro atoms. The first-order valence-electron chi connectivity index (χ1n) is 5.27. The summed E-state index contributed by atoms with van der Waals surface area (Å²) >= 11 is 0. The molecule has 0 rings (SSSR count). The third-order valence-electron chi connectivity index (χ3n) is 2.37. The molecule has 100 valence electrons. The van der Waals surface area contributed by atoms with Gasteiger partial charge in [0.25, 0.3) is 10.1 Å². The van der Waals surface area contributed by atoms with Gasteiger partial charge in [-0.2, -0.15) is 8.42 Å². The van der Waals surface area contributed by atoms with E-state index in [2.05, 4.69) is 6.58 Å². The van der Waals surface area contributed by atoms with Gasteiger partial charge in [0, 0.05) is 12.5 Å². The summed E-state index contributed by atoms with van der Waals surface area (Å²) in [5.74, 6) is -0.574. The van der Waals surface area contributed by atoms with Crippen LogP contribution >= 0.6 is 0 Å². The average molecular weight is 266 g/mol. The predicted molar refractivity (Wildman–Crippen MR) is 63.5 cm³/mol. The highest BCUT2D eigenvalue weighted by molar-refractivity contribution is 7.86. The molecule has 0 aliphatic heterocycles. The Bertz CT molecular complexity index is 374. The Hall–Kier alpha value is -0.920. The molecule has 17 heavy (non-hydrogen) atoms. The van der Waals surface area contributed by atoms with E-state index in [1.165, 1.54) is 0 Å². The fourth-order valence-corrected chi connectivity index (χ4v) is 2.17. The lowest BCUT2D eigenvalue weighted by molar-refractivity contribution is -1.06. The number of rotatable bonds is 7. The lowest BCUT2D eigenvalue weighted by Crippen LogP contribution is -2.43. The van der Waals surface area contributed by atoms with E-state index >= 15 is 0 Å². The molecule has 1 N–H and O–H groups in total. The molecule has 0 aromatic rings. The van der Waals surface area contributed by atoms with Crippen molar-refractivity contribution in [3.63, 3.8) is 0 Å². The van der Waals surface area contributed by atoms with Crippen LogP contribution in [0.5, 0.6) is 0 Å². The maximum atomic E-state index is 11.0. The van der Waals surface area contributed by atoms with Gasteiger partial charge in [0.2, 0.25) is 0 Å². The summed E-state index contributed by atoms with van der Waals surface area (Å²) in [5.41, 5.74) is 0. The summed E-state index contributed by atoms with van der Waals surface area (Å²) < 4.78 is 30.8. The smallest absolute Gasteiger partial charge is 0.285 e. The zero-order valence-electron chi connectivity index (χ0n) is 10.4. The lowest BCUT2D eigenvalue weighted by Gasteiger charge is -2.26. The molecular formula is C10H20NO5S+. The Balaban J connectivity index is 4.44.